The molecule has 0 saturated carbocycles. The van der Waals surface area contributed by atoms with E-state index in [9.17, 15) is 18.7 Å². The van der Waals surface area contributed by atoms with Crippen LogP contribution >= 0.6 is 11.8 Å². The zero-order valence-electron chi connectivity index (χ0n) is 9.08. The number of benzene rings is 1. The highest BCUT2D eigenvalue weighted by atomic mass is 32.2. The summed E-state index contributed by atoms with van der Waals surface area (Å²) in [6, 6.07) is 3.19. The van der Waals surface area contributed by atoms with E-state index in [-0.39, 0.29) is 6.42 Å². The predicted octanol–water partition coefficient (Wildman–Crippen LogP) is 2.86. The van der Waals surface area contributed by atoms with Gasteiger partial charge >= 0.3 is 5.97 Å². The van der Waals surface area contributed by atoms with Crippen LogP contribution in [0.4, 0.5) is 8.78 Å². The van der Waals surface area contributed by atoms with Crippen molar-refractivity contribution in [1.29, 1.82) is 0 Å². The first-order valence-corrected chi connectivity index (χ1v) is 6.33. The molecule has 0 bridgehead atoms. The van der Waals surface area contributed by atoms with E-state index in [1.54, 1.807) is 0 Å². The topological polar surface area (TPSA) is 37.3 Å². The third kappa shape index (κ3) is 2.60. The quantitative estimate of drug-likeness (QED) is 0.905. The highest BCUT2D eigenvalue weighted by Gasteiger charge is 2.42. The number of thioether (sulfide) groups is 1. The summed E-state index contributed by atoms with van der Waals surface area (Å²) in [6.45, 7) is 0. The van der Waals surface area contributed by atoms with Gasteiger partial charge in [0.25, 0.3) is 0 Å². The van der Waals surface area contributed by atoms with E-state index in [1.165, 1.54) is 23.9 Å². The van der Waals surface area contributed by atoms with Gasteiger partial charge < -0.3 is 5.11 Å². The maximum absolute atomic E-state index is 13.0. The lowest BCUT2D eigenvalue weighted by molar-refractivity contribution is -0.139. The molecular formula is C12H12F2O2S. The van der Waals surface area contributed by atoms with E-state index >= 15 is 0 Å². The lowest BCUT2D eigenvalue weighted by Gasteiger charge is -2.22. The van der Waals surface area contributed by atoms with Gasteiger partial charge in [0.1, 0.15) is 16.4 Å². The van der Waals surface area contributed by atoms with E-state index in [1.807, 2.05) is 0 Å². The molecule has 1 aromatic carbocycles. The molecule has 1 aliphatic rings. The fourth-order valence-corrected chi connectivity index (χ4v) is 3.48. The molecule has 2 nitrogen and oxygen atoms in total. The van der Waals surface area contributed by atoms with Crippen molar-refractivity contribution in [2.75, 3.05) is 5.75 Å². The van der Waals surface area contributed by atoms with Gasteiger partial charge in [0.2, 0.25) is 0 Å². The Hall–Kier alpha value is -1.10. The van der Waals surface area contributed by atoms with Gasteiger partial charge in [-0.1, -0.05) is 0 Å². The smallest absolute Gasteiger partial charge is 0.320 e. The highest BCUT2D eigenvalue weighted by molar-refractivity contribution is 8.01. The van der Waals surface area contributed by atoms with E-state index in [0.717, 1.165) is 18.2 Å². The van der Waals surface area contributed by atoms with Crippen LogP contribution in [0.3, 0.4) is 0 Å². The number of carboxylic acids is 1. The van der Waals surface area contributed by atoms with Crippen LogP contribution in [0.15, 0.2) is 18.2 Å². The van der Waals surface area contributed by atoms with Crippen molar-refractivity contribution in [2.45, 2.75) is 24.0 Å². The second kappa shape index (κ2) is 4.64. The molecule has 92 valence electrons. The minimum Gasteiger partial charge on any atom is -0.480 e. The van der Waals surface area contributed by atoms with Gasteiger partial charge in [0, 0.05) is 6.07 Å². The first kappa shape index (κ1) is 12.4. The van der Waals surface area contributed by atoms with E-state index in [4.69, 9.17) is 0 Å². The number of aliphatic carboxylic acids is 1. The fraction of sp³-hybridized carbons (Fsp3) is 0.417. The summed E-state index contributed by atoms with van der Waals surface area (Å²) in [4.78, 5) is 11.3. The van der Waals surface area contributed by atoms with Crippen LogP contribution in [0.1, 0.15) is 18.4 Å². The molecular weight excluding hydrogens is 246 g/mol. The van der Waals surface area contributed by atoms with Gasteiger partial charge in [-0.05, 0) is 42.7 Å². The van der Waals surface area contributed by atoms with Crippen molar-refractivity contribution in [2.24, 2.45) is 0 Å². The molecule has 1 saturated heterocycles. The Kier molecular flexibility index (Phi) is 3.38. The number of hydrogen-bond acceptors (Lipinski definition) is 2. The highest BCUT2D eigenvalue weighted by Crippen LogP contribution is 2.41. The summed E-state index contributed by atoms with van der Waals surface area (Å²) in [6.07, 6.45) is 1.54. The van der Waals surface area contributed by atoms with Gasteiger partial charge in [0.05, 0.1) is 0 Å². The fourth-order valence-electron chi connectivity index (χ4n) is 2.12. The molecule has 0 spiro atoms. The minimum atomic E-state index is -0.916. The van der Waals surface area contributed by atoms with Gasteiger partial charge in [0.15, 0.2) is 0 Å². The standard InChI is InChI=1S/C12H12F2O2S/c13-9-4-8(5-10(14)6-9)7-12(11(15)16)2-1-3-17-12/h4-6H,1-3,7H2,(H,15,16). The lowest BCUT2D eigenvalue weighted by Crippen LogP contribution is -2.34. The van der Waals surface area contributed by atoms with Crippen LogP contribution in [0.5, 0.6) is 0 Å². The maximum atomic E-state index is 13.0. The van der Waals surface area contributed by atoms with Crippen LogP contribution in [0, 0.1) is 11.6 Å². The van der Waals surface area contributed by atoms with Gasteiger partial charge in [-0.2, -0.15) is 0 Å². The molecule has 0 amide bonds. The first-order chi connectivity index (χ1) is 8.02. The summed E-state index contributed by atoms with van der Waals surface area (Å²) in [7, 11) is 0. The molecule has 0 aliphatic carbocycles. The van der Waals surface area contributed by atoms with Gasteiger partial charge in [-0.3, -0.25) is 4.79 Å². The van der Waals surface area contributed by atoms with Crippen LogP contribution in [-0.2, 0) is 11.2 Å². The molecule has 1 aliphatic heterocycles. The number of halogens is 2. The molecule has 1 N–H and O–H groups in total. The number of carbonyl (C=O) groups is 1. The number of carboxylic acid groups (broad SMARTS) is 1. The second-order valence-corrected chi connectivity index (χ2v) is 5.68. The van der Waals surface area contributed by atoms with Crippen molar-refractivity contribution in [1.82, 2.24) is 0 Å². The lowest BCUT2D eigenvalue weighted by atomic mass is 9.94. The van der Waals surface area contributed by atoms with Crippen molar-refractivity contribution in [3.05, 3.63) is 35.4 Å². The molecule has 5 heteroatoms. The van der Waals surface area contributed by atoms with Gasteiger partial charge in [-0.25, -0.2) is 8.78 Å². The molecule has 0 radical (unpaired) electrons. The van der Waals surface area contributed by atoms with E-state index < -0.39 is 22.4 Å². The average Bonchev–Trinajstić information content (AvgIpc) is 2.65. The van der Waals surface area contributed by atoms with Crippen LogP contribution in [-0.4, -0.2) is 21.6 Å². The van der Waals surface area contributed by atoms with Crippen molar-refractivity contribution in [3.63, 3.8) is 0 Å². The monoisotopic (exact) mass is 258 g/mol. The SMILES string of the molecule is O=C(O)C1(Cc2cc(F)cc(F)c2)CCCS1. The zero-order valence-corrected chi connectivity index (χ0v) is 9.90. The summed E-state index contributed by atoms with van der Waals surface area (Å²) < 4.78 is 25.2. The predicted molar refractivity (Wildman–Crippen MR) is 62.1 cm³/mol. The summed E-state index contributed by atoms with van der Waals surface area (Å²) in [5, 5.41) is 9.26. The third-order valence-electron chi connectivity index (χ3n) is 2.91. The Morgan fingerprint density at radius 2 is 2.00 bits per heavy atom. The Morgan fingerprint density at radius 3 is 2.47 bits per heavy atom. The van der Waals surface area contributed by atoms with Gasteiger partial charge in [-0.15, -0.1) is 11.8 Å². The summed E-state index contributed by atoms with van der Waals surface area (Å²) in [5.41, 5.74) is 0.402. The maximum Gasteiger partial charge on any atom is 0.320 e. The molecule has 1 unspecified atom stereocenters. The molecule has 1 heterocycles. The zero-order chi connectivity index (χ0) is 12.5. The van der Waals surface area contributed by atoms with Crippen LogP contribution < -0.4 is 0 Å². The largest absolute Gasteiger partial charge is 0.480 e. The Balaban J connectivity index is 2.26. The molecule has 1 fully saturated rings. The van der Waals surface area contributed by atoms with Crippen LogP contribution in [0.25, 0.3) is 0 Å². The molecule has 1 aromatic rings. The van der Waals surface area contributed by atoms with Crippen molar-refractivity contribution >= 4 is 17.7 Å². The van der Waals surface area contributed by atoms with Crippen LogP contribution in [0.2, 0.25) is 0 Å². The third-order valence-corrected chi connectivity index (χ3v) is 4.47. The molecule has 1 atom stereocenters. The van der Waals surface area contributed by atoms with Crippen molar-refractivity contribution in [3.8, 4) is 0 Å². The summed E-state index contributed by atoms with van der Waals surface area (Å²) in [5.74, 6) is -1.44. The van der Waals surface area contributed by atoms with E-state index in [0.29, 0.717) is 12.0 Å². The average molecular weight is 258 g/mol. The molecule has 2 rings (SSSR count). The minimum absolute atomic E-state index is 0.168. The first-order valence-electron chi connectivity index (χ1n) is 5.34. The number of rotatable bonds is 3. The number of hydrogen-bond donors (Lipinski definition) is 1. The van der Waals surface area contributed by atoms with Crippen molar-refractivity contribution < 1.29 is 18.7 Å². The Morgan fingerprint density at radius 1 is 1.35 bits per heavy atom. The Bertz CT molecular complexity index is 422. The summed E-state index contributed by atoms with van der Waals surface area (Å²) >= 11 is 1.36. The normalized spacial score (nSPS) is 23.9. The Labute approximate surface area is 102 Å². The molecule has 0 aromatic heterocycles. The molecule has 17 heavy (non-hydrogen) atoms. The van der Waals surface area contributed by atoms with E-state index in [2.05, 4.69) is 0 Å². The second-order valence-electron chi connectivity index (χ2n) is 4.21.